The summed E-state index contributed by atoms with van der Waals surface area (Å²) in [6.45, 7) is 6.88. The van der Waals surface area contributed by atoms with Crippen LogP contribution in [0.1, 0.15) is 41.3 Å². The normalized spacial score (nSPS) is 24.0. The van der Waals surface area contributed by atoms with Crippen molar-refractivity contribution in [1.29, 1.82) is 0 Å². The minimum Gasteiger partial charge on any atom is -0.314 e. The van der Waals surface area contributed by atoms with Gasteiger partial charge in [-0.15, -0.1) is 0 Å². The molecule has 3 aliphatic rings. The maximum absolute atomic E-state index is 6.36. The van der Waals surface area contributed by atoms with Gasteiger partial charge in [0, 0.05) is 61.0 Å². The molecule has 0 radical (unpaired) electrons. The highest BCUT2D eigenvalue weighted by atomic mass is 79.9. The van der Waals surface area contributed by atoms with E-state index in [1.54, 1.807) is 0 Å². The molecule has 154 valence electrons. The Morgan fingerprint density at radius 3 is 2.52 bits per heavy atom. The van der Waals surface area contributed by atoms with Crippen LogP contribution < -0.4 is 5.32 Å². The van der Waals surface area contributed by atoms with Crippen molar-refractivity contribution in [3.05, 3.63) is 62.3 Å². The zero-order valence-corrected chi connectivity index (χ0v) is 19.1. The predicted molar refractivity (Wildman–Crippen MR) is 122 cm³/mol. The summed E-state index contributed by atoms with van der Waals surface area (Å²) < 4.78 is 1.07. The van der Waals surface area contributed by atoms with Crippen LogP contribution in [0.25, 0.3) is 0 Å². The smallest absolute Gasteiger partial charge is 0.0781 e. The van der Waals surface area contributed by atoms with Crippen molar-refractivity contribution < 1.29 is 0 Å². The first-order valence-electron chi connectivity index (χ1n) is 10.8. The van der Waals surface area contributed by atoms with Gasteiger partial charge in [0.25, 0.3) is 0 Å². The number of aromatic nitrogens is 1. The maximum atomic E-state index is 6.36. The van der Waals surface area contributed by atoms with Gasteiger partial charge in [0.1, 0.15) is 0 Å². The van der Waals surface area contributed by atoms with E-state index in [2.05, 4.69) is 49.2 Å². The molecule has 1 unspecified atom stereocenters. The summed E-state index contributed by atoms with van der Waals surface area (Å²) in [7, 11) is 0. The molecular weight excluding hydrogens is 448 g/mol. The van der Waals surface area contributed by atoms with E-state index in [1.165, 1.54) is 48.3 Å². The molecule has 0 saturated carbocycles. The molecule has 5 rings (SSSR count). The molecule has 2 aromatic rings. The minimum absolute atomic E-state index is 0.233. The Kier molecular flexibility index (Phi) is 5.94. The maximum Gasteiger partial charge on any atom is 0.0781 e. The highest BCUT2D eigenvalue weighted by Crippen LogP contribution is 2.39. The molecule has 29 heavy (non-hydrogen) atoms. The van der Waals surface area contributed by atoms with E-state index < -0.39 is 0 Å². The molecule has 0 amide bonds. The van der Waals surface area contributed by atoms with Crippen molar-refractivity contribution in [2.45, 2.75) is 37.8 Å². The fraction of sp³-hybridized carbons (Fsp3) is 0.522. The topological polar surface area (TPSA) is 31.4 Å². The average Bonchev–Trinajstić information content (AvgIpc) is 2.91. The van der Waals surface area contributed by atoms with Gasteiger partial charge in [0.15, 0.2) is 0 Å². The molecule has 0 spiro atoms. The number of hydrogen-bond acceptors (Lipinski definition) is 4. The van der Waals surface area contributed by atoms with Crippen LogP contribution in [-0.2, 0) is 12.8 Å². The molecule has 0 bridgehead atoms. The number of nitrogens with one attached hydrogen (secondary N) is 1. The number of piperazine rings is 1. The van der Waals surface area contributed by atoms with E-state index >= 15 is 0 Å². The molecule has 1 aromatic heterocycles. The number of piperidine rings is 1. The van der Waals surface area contributed by atoms with E-state index in [0.29, 0.717) is 0 Å². The number of pyridine rings is 1. The quantitative estimate of drug-likeness (QED) is 0.710. The Morgan fingerprint density at radius 2 is 1.72 bits per heavy atom. The number of rotatable bonds is 2. The van der Waals surface area contributed by atoms with Crippen LogP contribution in [0.4, 0.5) is 0 Å². The van der Waals surface area contributed by atoms with E-state index in [-0.39, 0.29) is 6.04 Å². The van der Waals surface area contributed by atoms with Crippen LogP contribution in [0.5, 0.6) is 0 Å². The SMILES string of the molecule is Clc1ccc2c(c1)CCc1cc(Br)cnc1C2N1CCC(N2CCNCC2)CC1. The number of fused-ring (bicyclic) bond motifs is 2. The molecule has 3 heterocycles. The van der Waals surface area contributed by atoms with Gasteiger partial charge in [-0.1, -0.05) is 17.7 Å². The van der Waals surface area contributed by atoms with Crippen molar-refractivity contribution >= 4 is 27.5 Å². The molecule has 2 aliphatic heterocycles. The third-order valence-corrected chi connectivity index (χ3v) is 7.49. The molecule has 2 saturated heterocycles. The van der Waals surface area contributed by atoms with Gasteiger partial charge in [0.05, 0.1) is 11.7 Å². The van der Waals surface area contributed by atoms with E-state index in [4.69, 9.17) is 16.6 Å². The van der Waals surface area contributed by atoms with Crippen molar-refractivity contribution in [3.8, 4) is 0 Å². The monoisotopic (exact) mass is 474 g/mol. The van der Waals surface area contributed by atoms with Gasteiger partial charge in [0.2, 0.25) is 0 Å². The highest BCUT2D eigenvalue weighted by Gasteiger charge is 2.34. The van der Waals surface area contributed by atoms with E-state index in [0.717, 1.165) is 54.6 Å². The molecule has 1 aromatic carbocycles. The summed E-state index contributed by atoms with van der Waals surface area (Å²) in [5.41, 5.74) is 5.36. The first kappa shape index (κ1) is 20.0. The number of benzene rings is 1. The van der Waals surface area contributed by atoms with Crippen LogP contribution in [0.2, 0.25) is 5.02 Å². The first-order chi connectivity index (χ1) is 14.2. The second-order valence-corrected chi connectivity index (χ2v) is 9.85. The summed E-state index contributed by atoms with van der Waals surface area (Å²) in [5.74, 6) is 0. The summed E-state index contributed by atoms with van der Waals surface area (Å²) >= 11 is 9.98. The van der Waals surface area contributed by atoms with Crippen LogP contribution in [-0.4, -0.2) is 60.1 Å². The third kappa shape index (κ3) is 4.13. The lowest BCUT2D eigenvalue weighted by Crippen LogP contribution is -2.52. The lowest BCUT2D eigenvalue weighted by Gasteiger charge is -2.43. The third-order valence-electron chi connectivity index (χ3n) is 6.82. The Balaban J connectivity index is 1.44. The lowest BCUT2D eigenvalue weighted by atomic mass is 9.93. The predicted octanol–water partition coefficient (Wildman–Crippen LogP) is 4.06. The van der Waals surface area contributed by atoms with Crippen LogP contribution >= 0.6 is 27.5 Å². The van der Waals surface area contributed by atoms with Crippen molar-refractivity contribution in [2.75, 3.05) is 39.3 Å². The van der Waals surface area contributed by atoms with Gasteiger partial charge in [-0.05, 0) is 76.5 Å². The molecule has 1 N–H and O–H groups in total. The Morgan fingerprint density at radius 1 is 0.966 bits per heavy atom. The van der Waals surface area contributed by atoms with Gasteiger partial charge in [-0.2, -0.15) is 0 Å². The highest BCUT2D eigenvalue weighted by molar-refractivity contribution is 9.10. The van der Waals surface area contributed by atoms with E-state index in [1.807, 2.05) is 12.3 Å². The molecule has 1 aliphatic carbocycles. The number of nitrogens with zero attached hydrogens (tertiary/aromatic N) is 3. The summed E-state index contributed by atoms with van der Waals surface area (Å²) in [6.07, 6.45) is 6.48. The number of halogens is 2. The molecule has 6 heteroatoms. The summed E-state index contributed by atoms with van der Waals surface area (Å²) in [6, 6.07) is 9.67. The minimum atomic E-state index is 0.233. The fourth-order valence-electron chi connectivity index (χ4n) is 5.34. The van der Waals surface area contributed by atoms with Crippen LogP contribution in [0, 0.1) is 0 Å². The Bertz CT molecular complexity index is 822. The molecular formula is C23H28BrClN4. The van der Waals surface area contributed by atoms with Gasteiger partial charge >= 0.3 is 0 Å². The van der Waals surface area contributed by atoms with Crippen LogP contribution in [0.15, 0.2) is 34.9 Å². The van der Waals surface area contributed by atoms with Gasteiger partial charge in [-0.25, -0.2) is 0 Å². The van der Waals surface area contributed by atoms with E-state index in [9.17, 15) is 0 Å². The standard InChI is InChI=1S/C23H28BrClN4/c24-18-13-17-2-1-16-14-19(25)3-4-21(16)23(22(17)27-15-18)29-9-5-20(6-10-29)28-11-7-26-8-12-28/h3-4,13-15,20,23,26H,1-2,5-12H2. The number of hydrogen-bond donors (Lipinski definition) is 1. The van der Waals surface area contributed by atoms with Gasteiger partial charge in [-0.3, -0.25) is 14.8 Å². The largest absolute Gasteiger partial charge is 0.314 e. The Hall–Kier alpha value is -0.980. The molecule has 1 atom stereocenters. The molecule has 4 nitrogen and oxygen atoms in total. The van der Waals surface area contributed by atoms with Crippen LogP contribution in [0.3, 0.4) is 0 Å². The molecule has 2 fully saturated rings. The van der Waals surface area contributed by atoms with Crippen molar-refractivity contribution in [2.24, 2.45) is 0 Å². The van der Waals surface area contributed by atoms with Crippen molar-refractivity contribution in [3.63, 3.8) is 0 Å². The Labute approximate surface area is 186 Å². The second-order valence-electron chi connectivity index (χ2n) is 8.50. The lowest BCUT2D eigenvalue weighted by molar-refractivity contribution is 0.0835. The van der Waals surface area contributed by atoms with Crippen molar-refractivity contribution in [1.82, 2.24) is 20.1 Å². The first-order valence-corrected chi connectivity index (χ1v) is 12.0. The fourth-order valence-corrected chi connectivity index (χ4v) is 5.91. The zero-order valence-electron chi connectivity index (χ0n) is 16.7. The second kappa shape index (κ2) is 8.64. The average molecular weight is 476 g/mol. The summed E-state index contributed by atoms with van der Waals surface area (Å²) in [4.78, 5) is 10.3. The zero-order chi connectivity index (χ0) is 19.8. The number of likely N-dealkylation sites (tertiary alicyclic amines) is 1. The number of aryl methyl sites for hydroxylation is 2. The van der Waals surface area contributed by atoms with Gasteiger partial charge < -0.3 is 5.32 Å². The summed E-state index contributed by atoms with van der Waals surface area (Å²) in [5, 5.41) is 4.31.